The van der Waals surface area contributed by atoms with Crippen molar-refractivity contribution >= 4 is 17.7 Å². The number of aliphatic hydroxyl groups is 1. The Kier molecular flexibility index (Phi) is 10.4. The molecule has 0 aromatic heterocycles. The average Bonchev–Trinajstić information content (AvgIpc) is 3.56. The number of rotatable bonds is 14. The molecule has 0 radical (unpaired) electrons. The molecule has 4 fully saturated rings. The van der Waals surface area contributed by atoms with Gasteiger partial charge in [0.15, 0.2) is 0 Å². The number of hydrogen-bond acceptors (Lipinski definition) is 7. The van der Waals surface area contributed by atoms with E-state index in [1.54, 1.807) is 26.9 Å². The standard InChI is InChI=1S/C36H52N4O6/c1-7-14-38(17-16-37-18-20-45-21-19-37)34(44)31-36-22-26(5)35(6,46-36)29(30(36)33(43)40(31)28(24-41)25(3)4)32(42)39(15-8-2)23-27-12-10-9-11-13-27/h7-13,25-26,28-31,41H,1-2,14-24H2,3-6H3/t26?,28-,29+,30-,31?,35-,36?/m0/s1. The van der Waals surface area contributed by atoms with Crippen LogP contribution in [0.4, 0.5) is 0 Å². The molecule has 4 saturated heterocycles. The van der Waals surface area contributed by atoms with Gasteiger partial charge in [0.1, 0.15) is 11.6 Å². The molecule has 4 aliphatic heterocycles. The lowest BCUT2D eigenvalue weighted by molar-refractivity contribution is -0.158. The number of morpholine rings is 1. The van der Waals surface area contributed by atoms with Crippen LogP contribution in [0.1, 0.15) is 39.7 Å². The van der Waals surface area contributed by atoms with Crippen molar-refractivity contribution in [2.75, 3.05) is 59.1 Å². The number of aliphatic hydroxyl groups excluding tert-OH is 1. The Hall–Kier alpha value is -3.05. The Morgan fingerprint density at radius 2 is 1.74 bits per heavy atom. The van der Waals surface area contributed by atoms with Crippen LogP contribution in [0.3, 0.4) is 0 Å². The van der Waals surface area contributed by atoms with Crippen molar-refractivity contribution in [3.63, 3.8) is 0 Å². The van der Waals surface area contributed by atoms with E-state index in [9.17, 15) is 19.5 Å². The molecule has 7 atom stereocenters. The number of benzene rings is 1. The van der Waals surface area contributed by atoms with E-state index in [0.717, 1.165) is 18.7 Å². The normalized spacial score (nSPS) is 31.2. The second-order valence-electron chi connectivity index (χ2n) is 14.0. The molecule has 2 bridgehead atoms. The van der Waals surface area contributed by atoms with Crippen molar-refractivity contribution in [1.29, 1.82) is 0 Å². The molecule has 46 heavy (non-hydrogen) atoms. The zero-order valence-electron chi connectivity index (χ0n) is 28.0. The van der Waals surface area contributed by atoms with Crippen LogP contribution in [0.5, 0.6) is 0 Å². The van der Waals surface area contributed by atoms with Crippen LogP contribution in [0.25, 0.3) is 0 Å². The van der Waals surface area contributed by atoms with Crippen LogP contribution in [0, 0.1) is 23.7 Å². The highest BCUT2D eigenvalue weighted by molar-refractivity contribution is 5.99. The van der Waals surface area contributed by atoms with Crippen molar-refractivity contribution in [3.05, 3.63) is 61.2 Å². The summed E-state index contributed by atoms with van der Waals surface area (Å²) in [6.45, 7) is 20.4. The molecule has 4 heterocycles. The summed E-state index contributed by atoms with van der Waals surface area (Å²) in [7, 11) is 0. The molecule has 1 spiro atoms. The first-order valence-electron chi connectivity index (χ1n) is 16.8. The molecule has 4 aliphatic rings. The average molecular weight is 637 g/mol. The van der Waals surface area contributed by atoms with Crippen molar-refractivity contribution in [3.8, 4) is 0 Å². The van der Waals surface area contributed by atoms with Gasteiger partial charge in [0.05, 0.1) is 43.3 Å². The predicted octanol–water partition coefficient (Wildman–Crippen LogP) is 2.58. The minimum Gasteiger partial charge on any atom is -0.394 e. The Morgan fingerprint density at radius 3 is 2.35 bits per heavy atom. The fourth-order valence-electron chi connectivity index (χ4n) is 8.41. The highest BCUT2D eigenvalue weighted by Crippen LogP contribution is 2.66. The largest absolute Gasteiger partial charge is 0.394 e. The Balaban J connectivity index is 1.54. The molecule has 5 rings (SSSR count). The lowest BCUT2D eigenvalue weighted by Crippen LogP contribution is -2.60. The summed E-state index contributed by atoms with van der Waals surface area (Å²) in [5, 5.41) is 10.6. The molecule has 0 saturated carbocycles. The predicted molar refractivity (Wildman–Crippen MR) is 175 cm³/mol. The van der Waals surface area contributed by atoms with Crippen molar-refractivity contribution in [2.24, 2.45) is 23.7 Å². The molecule has 10 heteroatoms. The summed E-state index contributed by atoms with van der Waals surface area (Å²) in [6.07, 6.45) is 3.88. The van der Waals surface area contributed by atoms with Gasteiger partial charge in [-0.25, -0.2) is 0 Å². The van der Waals surface area contributed by atoms with Crippen molar-refractivity contribution in [1.82, 2.24) is 19.6 Å². The molecular weight excluding hydrogens is 584 g/mol. The number of fused-ring (bicyclic) bond motifs is 1. The smallest absolute Gasteiger partial charge is 0.248 e. The maximum atomic E-state index is 14.9. The lowest BCUT2D eigenvalue weighted by atomic mass is 9.62. The van der Waals surface area contributed by atoms with Gasteiger partial charge in [0.2, 0.25) is 17.7 Å². The summed E-state index contributed by atoms with van der Waals surface area (Å²) < 4.78 is 12.5. The van der Waals surface area contributed by atoms with E-state index >= 15 is 0 Å². The van der Waals surface area contributed by atoms with E-state index in [1.165, 1.54) is 0 Å². The number of amides is 3. The Bertz CT molecular complexity index is 1280. The zero-order valence-corrected chi connectivity index (χ0v) is 28.0. The Morgan fingerprint density at radius 1 is 1.09 bits per heavy atom. The topological polar surface area (TPSA) is 103 Å². The fourth-order valence-corrected chi connectivity index (χ4v) is 8.41. The van der Waals surface area contributed by atoms with Gasteiger partial charge in [0, 0.05) is 45.8 Å². The molecule has 1 aromatic carbocycles. The van der Waals surface area contributed by atoms with Crippen LogP contribution in [-0.4, -0.2) is 125 Å². The second kappa shape index (κ2) is 14.0. The summed E-state index contributed by atoms with van der Waals surface area (Å²) >= 11 is 0. The quantitative estimate of drug-likeness (QED) is 0.313. The number of ether oxygens (including phenoxy) is 2. The second-order valence-corrected chi connectivity index (χ2v) is 14.0. The SMILES string of the molecule is C=CCN(CCN1CCOCC1)C(=O)C1N([C@@H](CO)C(C)C)C(=O)[C@@H]2[C@H](C(=O)N(CC=C)Cc3ccccc3)[C@@]3(C)OC12CC3C. The summed E-state index contributed by atoms with van der Waals surface area (Å²) in [6, 6.07) is 8.18. The van der Waals surface area contributed by atoms with E-state index in [1.807, 2.05) is 51.1 Å². The van der Waals surface area contributed by atoms with E-state index < -0.39 is 35.1 Å². The van der Waals surface area contributed by atoms with Gasteiger partial charge in [-0.05, 0) is 30.7 Å². The molecule has 252 valence electrons. The molecular formula is C36H52N4O6. The van der Waals surface area contributed by atoms with Gasteiger partial charge < -0.3 is 29.3 Å². The van der Waals surface area contributed by atoms with E-state index in [4.69, 9.17) is 9.47 Å². The molecule has 0 aliphatic carbocycles. The monoisotopic (exact) mass is 636 g/mol. The summed E-state index contributed by atoms with van der Waals surface area (Å²) in [4.78, 5) is 51.7. The van der Waals surface area contributed by atoms with Gasteiger partial charge in [-0.3, -0.25) is 19.3 Å². The zero-order chi connectivity index (χ0) is 33.2. The van der Waals surface area contributed by atoms with Crippen LogP contribution < -0.4 is 0 Å². The third-order valence-corrected chi connectivity index (χ3v) is 10.9. The first-order valence-corrected chi connectivity index (χ1v) is 16.8. The minimum absolute atomic E-state index is 0.0871. The van der Waals surface area contributed by atoms with Gasteiger partial charge in [-0.1, -0.05) is 63.3 Å². The minimum atomic E-state index is -1.20. The molecule has 3 unspecified atom stereocenters. The fraction of sp³-hybridized carbons (Fsp3) is 0.639. The third-order valence-electron chi connectivity index (χ3n) is 10.9. The van der Waals surface area contributed by atoms with Gasteiger partial charge in [0.25, 0.3) is 0 Å². The Labute approximate surface area is 274 Å². The molecule has 3 amide bonds. The van der Waals surface area contributed by atoms with Gasteiger partial charge in [-0.15, -0.1) is 13.2 Å². The number of likely N-dealkylation sites (tertiary alicyclic amines) is 1. The maximum absolute atomic E-state index is 14.9. The molecule has 10 nitrogen and oxygen atoms in total. The summed E-state index contributed by atoms with van der Waals surface area (Å²) in [5.74, 6) is -2.54. The third kappa shape index (κ3) is 5.93. The first kappa shape index (κ1) is 34.3. The van der Waals surface area contributed by atoms with Gasteiger partial charge in [-0.2, -0.15) is 0 Å². The number of carbonyl (C=O) groups excluding carboxylic acids is 3. The van der Waals surface area contributed by atoms with Crippen LogP contribution in [0.2, 0.25) is 0 Å². The maximum Gasteiger partial charge on any atom is 0.248 e. The van der Waals surface area contributed by atoms with Crippen LogP contribution >= 0.6 is 0 Å². The molecule has 1 N–H and O–H groups in total. The van der Waals surface area contributed by atoms with Crippen LogP contribution in [0.15, 0.2) is 55.6 Å². The highest BCUT2D eigenvalue weighted by atomic mass is 16.5. The van der Waals surface area contributed by atoms with E-state index in [0.29, 0.717) is 52.4 Å². The first-order chi connectivity index (χ1) is 22.0. The van der Waals surface area contributed by atoms with Crippen molar-refractivity contribution < 1.29 is 29.0 Å². The van der Waals surface area contributed by atoms with E-state index in [2.05, 4.69) is 25.0 Å². The summed E-state index contributed by atoms with van der Waals surface area (Å²) in [5.41, 5.74) is -1.17. The van der Waals surface area contributed by atoms with Crippen LogP contribution in [-0.2, 0) is 30.4 Å². The number of nitrogens with zero attached hydrogens (tertiary/aromatic N) is 4. The highest BCUT2D eigenvalue weighted by Gasteiger charge is 2.80. The number of carbonyl (C=O) groups is 3. The molecule has 1 aromatic rings. The van der Waals surface area contributed by atoms with E-state index in [-0.39, 0.29) is 36.2 Å². The lowest BCUT2D eigenvalue weighted by Gasteiger charge is -2.41. The van der Waals surface area contributed by atoms with Gasteiger partial charge >= 0.3 is 0 Å². The van der Waals surface area contributed by atoms with Crippen molar-refractivity contribution in [2.45, 2.75) is 63.9 Å². The number of hydrogen-bond donors (Lipinski definition) is 1.